The Morgan fingerprint density at radius 1 is 1.32 bits per heavy atom. The van der Waals surface area contributed by atoms with E-state index in [-0.39, 0.29) is 0 Å². The first-order valence-corrected chi connectivity index (χ1v) is 7.75. The van der Waals surface area contributed by atoms with E-state index in [1.165, 1.54) is 24.1 Å². The molecule has 1 heterocycles. The molecule has 2 atom stereocenters. The van der Waals surface area contributed by atoms with Crippen LogP contribution in [0.4, 0.5) is 5.69 Å². The number of benzene rings is 1. The Labute approximate surface area is 122 Å². The fourth-order valence-corrected chi connectivity index (χ4v) is 3.01. The van der Waals surface area contributed by atoms with Crippen LogP contribution in [-0.4, -0.2) is 19.1 Å². The summed E-state index contributed by atoms with van der Waals surface area (Å²) < 4.78 is 0. The lowest BCUT2D eigenvalue weighted by molar-refractivity contribution is 0.390. The third kappa shape index (κ3) is 3.64. The molecule has 1 fully saturated rings. The molecule has 0 bridgehead atoms. The number of piperidine rings is 1. The maximum Gasteiger partial charge on any atom is 0.0471 e. The summed E-state index contributed by atoms with van der Waals surface area (Å²) in [6.45, 7) is 9.72. The van der Waals surface area contributed by atoms with Gasteiger partial charge in [0.05, 0.1) is 0 Å². The van der Waals surface area contributed by atoms with Crippen molar-refractivity contribution in [3.8, 4) is 0 Å². The first-order valence-electron chi connectivity index (χ1n) is 7.37. The predicted molar refractivity (Wildman–Crippen MR) is 84.0 cm³/mol. The maximum absolute atomic E-state index is 6.40. The lowest BCUT2D eigenvalue weighted by atomic mass is 9.94. The topological polar surface area (TPSA) is 15.3 Å². The second-order valence-corrected chi connectivity index (χ2v) is 6.15. The molecule has 2 nitrogen and oxygen atoms in total. The number of nitrogens with one attached hydrogen (secondary N) is 1. The smallest absolute Gasteiger partial charge is 0.0471 e. The van der Waals surface area contributed by atoms with Gasteiger partial charge in [0.1, 0.15) is 0 Å². The van der Waals surface area contributed by atoms with E-state index in [4.69, 9.17) is 11.6 Å². The Morgan fingerprint density at radius 2 is 2.11 bits per heavy atom. The first kappa shape index (κ1) is 14.7. The Morgan fingerprint density at radius 3 is 2.79 bits per heavy atom. The van der Waals surface area contributed by atoms with Crippen LogP contribution in [0.5, 0.6) is 0 Å². The minimum absolute atomic E-state index is 0.617. The fraction of sp³-hybridized carbons (Fsp3) is 0.625. The van der Waals surface area contributed by atoms with E-state index in [0.717, 1.165) is 30.6 Å². The van der Waals surface area contributed by atoms with Gasteiger partial charge in [0.2, 0.25) is 0 Å². The van der Waals surface area contributed by atoms with Crippen LogP contribution < -0.4 is 10.2 Å². The highest BCUT2D eigenvalue weighted by atomic mass is 35.5. The van der Waals surface area contributed by atoms with E-state index in [1.807, 2.05) is 0 Å². The summed E-state index contributed by atoms with van der Waals surface area (Å²) in [7, 11) is 0. The van der Waals surface area contributed by atoms with Gasteiger partial charge in [-0.1, -0.05) is 31.5 Å². The molecule has 1 aliphatic rings. The zero-order valence-corrected chi connectivity index (χ0v) is 13.0. The molecular weight excluding hydrogens is 256 g/mol. The molecule has 0 aliphatic carbocycles. The zero-order chi connectivity index (χ0) is 13.8. The average molecular weight is 281 g/mol. The van der Waals surface area contributed by atoms with Crippen LogP contribution in [0.3, 0.4) is 0 Å². The van der Waals surface area contributed by atoms with Crippen LogP contribution in [0.2, 0.25) is 5.02 Å². The van der Waals surface area contributed by atoms with Gasteiger partial charge in [0.25, 0.3) is 0 Å². The van der Waals surface area contributed by atoms with Crippen molar-refractivity contribution >= 4 is 17.3 Å². The predicted octanol–water partition coefficient (Wildman–Crippen LogP) is 4.07. The lowest BCUT2D eigenvalue weighted by Crippen LogP contribution is -2.41. The second kappa shape index (κ2) is 6.62. The number of nitrogens with zero attached hydrogens (tertiary/aromatic N) is 1. The molecule has 0 amide bonds. The first-order chi connectivity index (χ1) is 9.11. The van der Waals surface area contributed by atoms with E-state index in [1.54, 1.807) is 0 Å². The van der Waals surface area contributed by atoms with Crippen molar-refractivity contribution in [3.05, 3.63) is 28.8 Å². The Hall–Kier alpha value is -0.730. The summed E-state index contributed by atoms with van der Waals surface area (Å²) in [5.74, 6) is 0.774. The van der Waals surface area contributed by atoms with Crippen LogP contribution in [0.1, 0.15) is 39.2 Å². The SMILES string of the molecule is CCNCc1ccc(N2CC(C)CCC2C)cc1Cl. The molecular formula is C16H25ClN2. The third-order valence-corrected chi connectivity index (χ3v) is 4.40. The standard InChI is InChI=1S/C16H25ClN2/c1-4-18-10-14-7-8-15(9-16(14)17)19-11-12(2)5-6-13(19)3/h7-9,12-13,18H,4-6,10-11H2,1-3H3. The summed E-state index contributed by atoms with van der Waals surface area (Å²) in [6.07, 6.45) is 2.61. The van der Waals surface area contributed by atoms with Crippen molar-refractivity contribution < 1.29 is 0 Å². The lowest BCUT2D eigenvalue weighted by Gasteiger charge is -2.38. The molecule has 1 aliphatic heterocycles. The van der Waals surface area contributed by atoms with Crippen molar-refractivity contribution in [2.24, 2.45) is 5.92 Å². The van der Waals surface area contributed by atoms with Gasteiger partial charge in [0, 0.05) is 29.8 Å². The van der Waals surface area contributed by atoms with E-state index < -0.39 is 0 Å². The molecule has 2 unspecified atom stereocenters. The van der Waals surface area contributed by atoms with Gasteiger partial charge in [-0.3, -0.25) is 0 Å². The maximum atomic E-state index is 6.40. The minimum Gasteiger partial charge on any atom is -0.369 e. The van der Waals surface area contributed by atoms with Crippen molar-refractivity contribution in [1.82, 2.24) is 5.32 Å². The molecule has 1 saturated heterocycles. The number of hydrogen-bond donors (Lipinski definition) is 1. The second-order valence-electron chi connectivity index (χ2n) is 5.74. The van der Waals surface area contributed by atoms with Crippen molar-refractivity contribution in [2.75, 3.05) is 18.0 Å². The molecule has 3 heteroatoms. The van der Waals surface area contributed by atoms with Crippen LogP contribution in [-0.2, 0) is 6.54 Å². The minimum atomic E-state index is 0.617. The van der Waals surface area contributed by atoms with Gasteiger partial charge in [0.15, 0.2) is 0 Å². The monoisotopic (exact) mass is 280 g/mol. The van der Waals surface area contributed by atoms with Gasteiger partial charge < -0.3 is 10.2 Å². The van der Waals surface area contributed by atoms with Gasteiger partial charge in [-0.25, -0.2) is 0 Å². The third-order valence-electron chi connectivity index (χ3n) is 4.05. The largest absolute Gasteiger partial charge is 0.369 e. The Kier molecular flexibility index (Phi) is 5.12. The highest BCUT2D eigenvalue weighted by Crippen LogP contribution is 2.30. The quantitative estimate of drug-likeness (QED) is 0.894. The van der Waals surface area contributed by atoms with Gasteiger partial charge in [-0.15, -0.1) is 0 Å². The van der Waals surface area contributed by atoms with Crippen LogP contribution in [0.15, 0.2) is 18.2 Å². The van der Waals surface area contributed by atoms with Gasteiger partial charge in [-0.2, -0.15) is 0 Å². The Bertz CT molecular complexity index is 419. The Balaban J connectivity index is 2.14. The summed E-state index contributed by atoms with van der Waals surface area (Å²) >= 11 is 6.40. The summed E-state index contributed by atoms with van der Waals surface area (Å²) in [4.78, 5) is 2.50. The molecule has 1 N–H and O–H groups in total. The summed E-state index contributed by atoms with van der Waals surface area (Å²) in [6, 6.07) is 7.12. The van der Waals surface area contributed by atoms with Crippen molar-refractivity contribution in [3.63, 3.8) is 0 Å². The van der Waals surface area contributed by atoms with Crippen molar-refractivity contribution in [1.29, 1.82) is 0 Å². The molecule has 1 aromatic carbocycles. The highest BCUT2D eigenvalue weighted by Gasteiger charge is 2.23. The highest BCUT2D eigenvalue weighted by molar-refractivity contribution is 6.31. The molecule has 0 saturated carbocycles. The zero-order valence-electron chi connectivity index (χ0n) is 12.2. The average Bonchev–Trinajstić information content (AvgIpc) is 2.40. The summed E-state index contributed by atoms with van der Waals surface area (Å²) in [5, 5.41) is 4.20. The number of rotatable bonds is 4. The van der Waals surface area contributed by atoms with Gasteiger partial charge >= 0.3 is 0 Å². The molecule has 0 aromatic heterocycles. The van der Waals surface area contributed by atoms with Crippen LogP contribution >= 0.6 is 11.6 Å². The molecule has 2 rings (SSSR count). The molecule has 19 heavy (non-hydrogen) atoms. The van der Waals surface area contributed by atoms with E-state index >= 15 is 0 Å². The number of halogens is 1. The van der Waals surface area contributed by atoms with Crippen LogP contribution in [0.25, 0.3) is 0 Å². The molecule has 0 spiro atoms. The molecule has 106 valence electrons. The van der Waals surface area contributed by atoms with E-state index in [0.29, 0.717) is 6.04 Å². The van der Waals surface area contributed by atoms with E-state index in [9.17, 15) is 0 Å². The summed E-state index contributed by atoms with van der Waals surface area (Å²) in [5.41, 5.74) is 2.45. The van der Waals surface area contributed by atoms with E-state index in [2.05, 4.69) is 49.2 Å². The fourth-order valence-electron chi connectivity index (χ4n) is 2.77. The number of hydrogen-bond acceptors (Lipinski definition) is 2. The van der Waals surface area contributed by atoms with Crippen LogP contribution in [0, 0.1) is 5.92 Å². The van der Waals surface area contributed by atoms with Gasteiger partial charge in [-0.05, 0) is 49.9 Å². The number of anilines is 1. The van der Waals surface area contributed by atoms with Crippen molar-refractivity contribution in [2.45, 2.75) is 46.2 Å². The molecule has 1 aromatic rings. The normalized spacial score (nSPS) is 23.7. The molecule has 0 radical (unpaired) electrons.